The normalized spacial score (nSPS) is 12.5. The second kappa shape index (κ2) is 4.68. The predicted molar refractivity (Wildman–Crippen MR) is 61.6 cm³/mol. The molecular formula is C10H10ClFN4O. The number of halogens is 2. The van der Waals surface area contributed by atoms with E-state index in [-0.39, 0.29) is 23.6 Å². The highest BCUT2D eigenvalue weighted by molar-refractivity contribution is 6.30. The van der Waals surface area contributed by atoms with Gasteiger partial charge in [0.1, 0.15) is 5.82 Å². The zero-order valence-electron chi connectivity index (χ0n) is 8.95. The van der Waals surface area contributed by atoms with E-state index in [0.717, 1.165) is 0 Å². The SMILES string of the molecule is CC(N)c1nnc(Nc2ccc(Cl)cc2F)o1. The van der Waals surface area contributed by atoms with Gasteiger partial charge in [0.2, 0.25) is 5.89 Å². The first-order valence-electron chi connectivity index (χ1n) is 4.87. The smallest absolute Gasteiger partial charge is 0.320 e. The van der Waals surface area contributed by atoms with E-state index < -0.39 is 5.82 Å². The fraction of sp³-hybridized carbons (Fsp3) is 0.200. The molecule has 2 rings (SSSR count). The number of anilines is 2. The van der Waals surface area contributed by atoms with Gasteiger partial charge in [0.15, 0.2) is 0 Å². The van der Waals surface area contributed by atoms with Crippen molar-refractivity contribution in [3.05, 3.63) is 34.9 Å². The number of nitrogens with two attached hydrogens (primary N) is 1. The van der Waals surface area contributed by atoms with Gasteiger partial charge in [0.25, 0.3) is 0 Å². The molecule has 1 aromatic heterocycles. The van der Waals surface area contributed by atoms with Crippen molar-refractivity contribution in [1.82, 2.24) is 10.2 Å². The zero-order valence-corrected chi connectivity index (χ0v) is 9.70. The van der Waals surface area contributed by atoms with E-state index in [0.29, 0.717) is 5.02 Å². The van der Waals surface area contributed by atoms with Crippen LogP contribution in [0.2, 0.25) is 5.02 Å². The van der Waals surface area contributed by atoms with Crippen LogP contribution in [0.25, 0.3) is 0 Å². The molecule has 1 atom stereocenters. The van der Waals surface area contributed by atoms with Gasteiger partial charge in [-0.05, 0) is 25.1 Å². The molecule has 0 aliphatic carbocycles. The number of rotatable bonds is 3. The molecule has 0 aliphatic rings. The van der Waals surface area contributed by atoms with E-state index in [9.17, 15) is 4.39 Å². The van der Waals surface area contributed by atoms with E-state index in [1.807, 2.05) is 0 Å². The first-order chi connectivity index (χ1) is 8.06. The minimum Gasteiger partial charge on any atom is -0.406 e. The molecule has 0 spiro atoms. The van der Waals surface area contributed by atoms with Gasteiger partial charge >= 0.3 is 6.01 Å². The molecule has 1 heterocycles. The Bertz CT molecular complexity index is 529. The van der Waals surface area contributed by atoms with Crippen LogP contribution >= 0.6 is 11.6 Å². The summed E-state index contributed by atoms with van der Waals surface area (Å²) in [6.07, 6.45) is 0. The molecule has 90 valence electrons. The fourth-order valence-corrected chi connectivity index (χ4v) is 1.33. The highest BCUT2D eigenvalue weighted by atomic mass is 35.5. The Hall–Kier alpha value is -1.66. The third-order valence-corrected chi connectivity index (χ3v) is 2.24. The van der Waals surface area contributed by atoms with Crippen molar-refractivity contribution in [3.63, 3.8) is 0 Å². The van der Waals surface area contributed by atoms with Crippen LogP contribution in [-0.4, -0.2) is 10.2 Å². The molecule has 0 aliphatic heterocycles. The maximum absolute atomic E-state index is 13.4. The van der Waals surface area contributed by atoms with Crippen molar-refractivity contribution in [2.24, 2.45) is 5.73 Å². The number of hydrogen-bond donors (Lipinski definition) is 2. The van der Waals surface area contributed by atoms with Crippen molar-refractivity contribution >= 4 is 23.3 Å². The lowest BCUT2D eigenvalue weighted by Gasteiger charge is -2.02. The molecular weight excluding hydrogens is 247 g/mol. The average Bonchev–Trinajstić information content (AvgIpc) is 2.71. The Morgan fingerprint density at radius 2 is 2.24 bits per heavy atom. The van der Waals surface area contributed by atoms with Crippen LogP contribution in [0.3, 0.4) is 0 Å². The summed E-state index contributed by atoms with van der Waals surface area (Å²) < 4.78 is 18.6. The summed E-state index contributed by atoms with van der Waals surface area (Å²) in [5.74, 6) is -0.222. The first kappa shape index (κ1) is 11.8. The summed E-state index contributed by atoms with van der Waals surface area (Å²) >= 11 is 5.63. The zero-order chi connectivity index (χ0) is 12.4. The molecule has 2 aromatic rings. The monoisotopic (exact) mass is 256 g/mol. The number of benzene rings is 1. The van der Waals surface area contributed by atoms with Gasteiger partial charge < -0.3 is 15.5 Å². The van der Waals surface area contributed by atoms with Gasteiger partial charge in [-0.1, -0.05) is 16.7 Å². The van der Waals surface area contributed by atoms with Crippen LogP contribution in [0.15, 0.2) is 22.6 Å². The molecule has 17 heavy (non-hydrogen) atoms. The average molecular weight is 257 g/mol. The van der Waals surface area contributed by atoms with Gasteiger partial charge in [-0.15, -0.1) is 5.10 Å². The second-order valence-electron chi connectivity index (χ2n) is 3.48. The van der Waals surface area contributed by atoms with Gasteiger partial charge in [-0.25, -0.2) is 4.39 Å². The highest BCUT2D eigenvalue weighted by Crippen LogP contribution is 2.22. The number of aromatic nitrogens is 2. The maximum atomic E-state index is 13.4. The molecule has 0 saturated carbocycles. The third kappa shape index (κ3) is 2.72. The summed E-state index contributed by atoms with van der Waals surface area (Å²) in [5, 5.41) is 10.4. The lowest BCUT2D eigenvalue weighted by molar-refractivity contribution is 0.475. The van der Waals surface area contributed by atoms with E-state index in [4.69, 9.17) is 21.8 Å². The lowest BCUT2D eigenvalue weighted by atomic mass is 10.3. The van der Waals surface area contributed by atoms with Crippen molar-refractivity contribution < 1.29 is 8.81 Å². The Kier molecular flexibility index (Phi) is 3.26. The van der Waals surface area contributed by atoms with Crippen LogP contribution in [0.4, 0.5) is 16.1 Å². The van der Waals surface area contributed by atoms with Gasteiger partial charge in [-0.3, -0.25) is 0 Å². The quantitative estimate of drug-likeness (QED) is 0.883. The first-order valence-corrected chi connectivity index (χ1v) is 5.25. The largest absolute Gasteiger partial charge is 0.406 e. The summed E-state index contributed by atoms with van der Waals surface area (Å²) in [7, 11) is 0. The molecule has 5 nitrogen and oxygen atoms in total. The lowest BCUT2D eigenvalue weighted by Crippen LogP contribution is -2.04. The Morgan fingerprint density at radius 3 is 2.82 bits per heavy atom. The number of hydrogen-bond acceptors (Lipinski definition) is 5. The molecule has 0 fully saturated rings. The number of nitrogens with zero attached hydrogens (tertiary/aromatic N) is 2. The van der Waals surface area contributed by atoms with Crippen molar-refractivity contribution in [1.29, 1.82) is 0 Å². The van der Waals surface area contributed by atoms with Crippen LogP contribution in [0, 0.1) is 5.82 Å². The third-order valence-electron chi connectivity index (χ3n) is 2.00. The van der Waals surface area contributed by atoms with E-state index in [1.54, 1.807) is 13.0 Å². The summed E-state index contributed by atoms with van der Waals surface area (Å²) in [6.45, 7) is 1.71. The van der Waals surface area contributed by atoms with Crippen molar-refractivity contribution in [2.45, 2.75) is 13.0 Å². The van der Waals surface area contributed by atoms with Crippen LogP contribution in [0.5, 0.6) is 0 Å². The molecule has 0 amide bonds. The molecule has 1 unspecified atom stereocenters. The topological polar surface area (TPSA) is 77.0 Å². The molecule has 7 heteroatoms. The van der Waals surface area contributed by atoms with Crippen LogP contribution < -0.4 is 11.1 Å². The summed E-state index contributed by atoms with van der Waals surface area (Å²) in [6, 6.07) is 3.93. The molecule has 1 aromatic carbocycles. The minimum absolute atomic E-state index is 0.0820. The van der Waals surface area contributed by atoms with Gasteiger partial charge in [0.05, 0.1) is 11.7 Å². The Morgan fingerprint density at radius 1 is 1.47 bits per heavy atom. The van der Waals surface area contributed by atoms with E-state index in [2.05, 4.69) is 15.5 Å². The Labute approximate surface area is 102 Å². The fourth-order valence-electron chi connectivity index (χ4n) is 1.18. The van der Waals surface area contributed by atoms with Gasteiger partial charge in [-0.2, -0.15) is 0 Å². The predicted octanol–water partition coefficient (Wildman–Crippen LogP) is 2.63. The highest BCUT2D eigenvalue weighted by Gasteiger charge is 2.11. The molecule has 0 bridgehead atoms. The molecule has 0 saturated heterocycles. The molecule has 3 N–H and O–H groups in total. The Balaban J connectivity index is 2.19. The summed E-state index contributed by atoms with van der Waals surface area (Å²) in [4.78, 5) is 0. The van der Waals surface area contributed by atoms with Crippen LogP contribution in [-0.2, 0) is 0 Å². The second-order valence-corrected chi connectivity index (χ2v) is 3.92. The summed E-state index contributed by atoms with van der Waals surface area (Å²) in [5.41, 5.74) is 5.76. The van der Waals surface area contributed by atoms with E-state index in [1.165, 1.54) is 12.1 Å². The molecule has 0 radical (unpaired) electrons. The maximum Gasteiger partial charge on any atom is 0.320 e. The van der Waals surface area contributed by atoms with Crippen LogP contribution in [0.1, 0.15) is 18.9 Å². The van der Waals surface area contributed by atoms with Crippen molar-refractivity contribution in [2.75, 3.05) is 5.32 Å². The minimum atomic E-state index is -0.502. The number of nitrogens with one attached hydrogen (secondary N) is 1. The standard InChI is InChI=1S/C10H10ClFN4O/c1-5(13)9-15-16-10(17-9)14-8-3-2-6(11)4-7(8)12/h2-5H,13H2,1H3,(H,14,16). The van der Waals surface area contributed by atoms with Gasteiger partial charge in [0, 0.05) is 5.02 Å². The van der Waals surface area contributed by atoms with Crippen molar-refractivity contribution in [3.8, 4) is 0 Å². The van der Waals surface area contributed by atoms with E-state index >= 15 is 0 Å².